The molecule has 0 saturated carbocycles. The lowest BCUT2D eigenvalue weighted by Gasteiger charge is -2.39. The van der Waals surface area contributed by atoms with Gasteiger partial charge in [-0.1, -0.05) is 0 Å². The van der Waals surface area contributed by atoms with Gasteiger partial charge in [0.05, 0.1) is 18.1 Å². The quantitative estimate of drug-likeness (QED) is 0.416. The number of pyridine rings is 2. The van der Waals surface area contributed by atoms with Gasteiger partial charge in [-0.2, -0.15) is 5.10 Å². The van der Waals surface area contributed by atoms with Crippen LogP contribution in [-0.4, -0.2) is 66.9 Å². The first-order chi connectivity index (χ1) is 18.6. The van der Waals surface area contributed by atoms with Crippen molar-refractivity contribution in [2.24, 2.45) is 0 Å². The lowest BCUT2D eigenvalue weighted by atomic mass is 9.92. The molecule has 192 valence electrons. The number of nitrogens with zero attached hydrogens (tertiary/aromatic N) is 9. The fourth-order valence-corrected chi connectivity index (χ4v) is 5.77. The van der Waals surface area contributed by atoms with E-state index in [1.54, 1.807) is 12.4 Å². The van der Waals surface area contributed by atoms with Crippen LogP contribution < -0.4 is 9.80 Å². The van der Waals surface area contributed by atoms with Crippen molar-refractivity contribution in [3.63, 3.8) is 0 Å². The van der Waals surface area contributed by atoms with Crippen LogP contribution in [0.4, 0.5) is 17.3 Å². The van der Waals surface area contributed by atoms with Crippen molar-refractivity contribution in [2.75, 3.05) is 36.0 Å². The molecular weight excluding hydrogens is 478 g/mol. The van der Waals surface area contributed by atoms with Gasteiger partial charge in [-0.25, -0.2) is 4.68 Å². The molecule has 1 fully saturated rings. The first-order valence-corrected chi connectivity index (χ1v) is 13.2. The molecule has 1 amide bonds. The van der Waals surface area contributed by atoms with Crippen LogP contribution in [-0.2, 0) is 19.5 Å². The zero-order valence-corrected chi connectivity index (χ0v) is 21.4. The lowest BCUT2D eigenvalue weighted by molar-refractivity contribution is 0.0595. The summed E-state index contributed by atoms with van der Waals surface area (Å²) in [6.07, 6.45) is 9.34. The van der Waals surface area contributed by atoms with E-state index in [1.807, 2.05) is 42.4 Å². The number of fused-ring (bicyclic) bond motifs is 2. The molecule has 10 nitrogen and oxygen atoms in total. The number of rotatable bonds is 4. The largest absolute Gasteiger partial charge is 0.350 e. The molecule has 38 heavy (non-hydrogen) atoms. The molecule has 4 aromatic heterocycles. The second-order valence-electron chi connectivity index (χ2n) is 10.3. The smallest absolute Gasteiger partial charge is 0.274 e. The van der Waals surface area contributed by atoms with Gasteiger partial charge in [0, 0.05) is 75.8 Å². The van der Waals surface area contributed by atoms with E-state index >= 15 is 0 Å². The Morgan fingerprint density at radius 3 is 2.71 bits per heavy atom. The molecule has 0 radical (unpaired) electrons. The highest BCUT2D eigenvalue weighted by Crippen LogP contribution is 2.32. The summed E-state index contributed by atoms with van der Waals surface area (Å²) in [6.45, 7) is 6.84. The van der Waals surface area contributed by atoms with E-state index in [9.17, 15) is 4.79 Å². The predicted octanol–water partition coefficient (Wildman–Crippen LogP) is 3.12. The highest BCUT2D eigenvalue weighted by atomic mass is 16.2. The van der Waals surface area contributed by atoms with Crippen molar-refractivity contribution < 1.29 is 4.79 Å². The van der Waals surface area contributed by atoms with Gasteiger partial charge in [-0.15, -0.1) is 10.2 Å². The molecule has 0 aliphatic carbocycles. The first-order valence-electron chi connectivity index (χ1n) is 13.2. The summed E-state index contributed by atoms with van der Waals surface area (Å²) < 4.78 is 2.05. The highest BCUT2D eigenvalue weighted by Gasteiger charge is 2.33. The normalized spacial score (nSPS) is 17.1. The van der Waals surface area contributed by atoms with Crippen molar-refractivity contribution in [1.82, 2.24) is 34.8 Å². The number of hydrogen-bond donors (Lipinski definition) is 0. The second-order valence-corrected chi connectivity index (χ2v) is 10.3. The minimum atomic E-state index is -0.0592. The van der Waals surface area contributed by atoms with E-state index < -0.39 is 0 Å². The standard InChI is InChI=1S/C28H29N9O/c1-19-13-25(28(38)35-17-22(18-35)20-3-7-29-8-4-20)32-33-27(19)34-12-6-24-21(16-34)14-23(15-30-24)36-10-2-11-37-26(36)5-9-31-37/h3-5,7-9,13-15,22H,2,6,10-12,16-18H2,1H3. The Bertz CT molecular complexity index is 1500. The maximum atomic E-state index is 13.0. The summed E-state index contributed by atoms with van der Waals surface area (Å²) >= 11 is 0. The number of hydrogen-bond acceptors (Lipinski definition) is 8. The predicted molar refractivity (Wildman–Crippen MR) is 142 cm³/mol. The average molecular weight is 508 g/mol. The Labute approximate surface area is 220 Å². The van der Waals surface area contributed by atoms with Crippen molar-refractivity contribution in [1.29, 1.82) is 0 Å². The molecule has 3 aliphatic rings. The lowest BCUT2D eigenvalue weighted by Crippen LogP contribution is -2.48. The zero-order chi connectivity index (χ0) is 25.6. The second kappa shape index (κ2) is 9.20. The van der Waals surface area contributed by atoms with Crippen molar-refractivity contribution in [3.8, 4) is 0 Å². The molecule has 0 N–H and O–H groups in total. The topological polar surface area (TPSA) is 96.2 Å². The monoisotopic (exact) mass is 507 g/mol. The summed E-state index contributed by atoms with van der Waals surface area (Å²) in [5.41, 5.74) is 6.01. The van der Waals surface area contributed by atoms with Crippen LogP contribution in [0.1, 0.15) is 45.2 Å². The van der Waals surface area contributed by atoms with Crippen LogP contribution in [0.15, 0.2) is 55.1 Å². The molecule has 4 aromatic rings. The van der Waals surface area contributed by atoms with Gasteiger partial charge in [-0.3, -0.25) is 14.8 Å². The highest BCUT2D eigenvalue weighted by molar-refractivity contribution is 5.93. The fourth-order valence-electron chi connectivity index (χ4n) is 5.77. The minimum absolute atomic E-state index is 0.0592. The van der Waals surface area contributed by atoms with E-state index in [2.05, 4.69) is 46.9 Å². The van der Waals surface area contributed by atoms with Crippen molar-refractivity contribution >= 4 is 23.2 Å². The van der Waals surface area contributed by atoms with Gasteiger partial charge in [-0.05, 0) is 54.3 Å². The van der Waals surface area contributed by atoms with Crippen molar-refractivity contribution in [2.45, 2.75) is 38.8 Å². The molecule has 0 atom stereocenters. The number of aryl methyl sites for hydroxylation is 2. The molecule has 10 heteroatoms. The van der Waals surface area contributed by atoms with Crippen LogP contribution >= 0.6 is 0 Å². The fraction of sp³-hybridized carbons (Fsp3) is 0.357. The van der Waals surface area contributed by atoms with E-state index in [4.69, 9.17) is 4.98 Å². The Hall–Kier alpha value is -4.34. The third kappa shape index (κ3) is 3.96. The third-order valence-electron chi connectivity index (χ3n) is 7.88. The maximum absolute atomic E-state index is 13.0. The number of carbonyl (C=O) groups excluding carboxylic acids is 1. The average Bonchev–Trinajstić information content (AvgIpc) is 3.41. The molecule has 1 saturated heterocycles. The molecule has 0 aromatic carbocycles. The summed E-state index contributed by atoms with van der Waals surface area (Å²) in [5, 5.41) is 13.3. The molecular formula is C28H29N9O. The summed E-state index contributed by atoms with van der Waals surface area (Å²) in [5.74, 6) is 2.23. The van der Waals surface area contributed by atoms with Crippen LogP contribution in [0.25, 0.3) is 0 Å². The minimum Gasteiger partial charge on any atom is -0.350 e. The van der Waals surface area contributed by atoms with Crippen LogP contribution in [0.3, 0.4) is 0 Å². The van der Waals surface area contributed by atoms with Crippen LogP contribution in [0, 0.1) is 6.92 Å². The van der Waals surface area contributed by atoms with Gasteiger partial charge in [0.1, 0.15) is 5.82 Å². The van der Waals surface area contributed by atoms with Crippen LogP contribution in [0.2, 0.25) is 0 Å². The number of anilines is 3. The molecule has 0 unspecified atom stereocenters. The number of aromatic nitrogens is 6. The summed E-state index contributed by atoms with van der Waals surface area (Å²) in [4.78, 5) is 28.3. The molecule has 7 heterocycles. The van der Waals surface area contributed by atoms with Gasteiger partial charge < -0.3 is 14.7 Å². The Morgan fingerprint density at radius 2 is 1.87 bits per heavy atom. The number of likely N-dealkylation sites (tertiary alicyclic amines) is 1. The van der Waals surface area contributed by atoms with E-state index in [0.717, 1.165) is 61.1 Å². The third-order valence-corrected chi connectivity index (χ3v) is 7.88. The first kappa shape index (κ1) is 22.8. The Balaban J connectivity index is 1.06. The molecule has 7 rings (SSSR count). The maximum Gasteiger partial charge on any atom is 0.274 e. The Morgan fingerprint density at radius 1 is 1.00 bits per heavy atom. The summed E-state index contributed by atoms with van der Waals surface area (Å²) in [6, 6.07) is 10.2. The van der Waals surface area contributed by atoms with E-state index in [0.29, 0.717) is 31.2 Å². The van der Waals surface area contributed by atoms with Gasteiger partial charge in [0.2, 0.25) is 0 Å². The van der Waals surface area contributed by atoms with Crippen LogP contribution in [0.5, 0.6) is 0 Å². The van der Waals surface area contributed by atoms with Gasteiger partial charge in [0.25, 0.3) is 5.91 Å². The summed E-state index contributed by atoms with van der Waals surface area (Å²) in [7, 11) is 0. The molecule has 0 bridgehead atoms. The van der Waals surface area contributed by atoms with E-state index in [1.165, 1.54) is 11.1 Å². The number of amides is 1. The number of carbonyl (C=O) groups is 1. The Kier molecular flexibility index (Phi) is 5.52. The van der Waals surface area contributed by atoms with Gasteiger partial charge >= 0.3 is 0 Å². The zero-order valence-electron chi connectivity index (χ0n) is 21.4. The van der Waals surface area contributed by atoms with Crippen molar-refractivity contribution in [3.05, 3.63) is 83.2 Å². The van der Waals surface area contributed by atoms with Gasteiger partial charge in [0.15, 0.2) is 11.5 Å². The molecule has 3 aliphatic heterocycles. The molecule has 0 spiro atoms. The SMILES string of the molecule is Cc1cc(C(=O)N2CC(c3ccncc3)C2)nnc1N1CCc2ncc(N3CCCn4nccc43)cc2C1. The van der Waals surface area contributed by atoms with E-state index in [-0.39, 0.29) is 5.91 Å².